The normalized spacial score (nSPS) is 17.7. The molecule has 1 atom stereocenters. The molecular formula is C16H14ClN3S. The minimum atomic E-state index is 0.318. The molecule has 0 bridgehead atoms. The van der Waals surface area contributed by atoms with Gasteiger partial charge in [0.1, 0.15) is 0 Å². The predicted octanol–water partition coefficient (Wildman–Crippen LogP) is 4.83. The van der Waals surface area contributed by atoms with Crippen molar-refractivity contribution in [3.05, 3.63) is 51.3 Å². The van der Waals surface area contributed by atoms with E-state index in [0.717, 1.165) is 23.0 Å². The van der Waals surface area contributed by atoms with Crippen LogP contribution >= 0.6 is 22.9 Å². The molecule has 1 unspecified atom stereocenters. The van der Waals surface area contributed by atoms with Gasteiger partial charge in [-0.2, -0.15) is 0 Å². The summed E-state index contributed by atoms with van der Waals surface area (Å²) in [5, 5.41) is 16.5. The van der Waals surface area contributed by atoms with Gasteiger partial charge in [0.25, 0.3) is 0 Å². The minimum absolute atomic E-state index is 0.318. The Balaban J connectivity index is 1.75. The number of nitrogens with one attached hydrogen (secondary N) is 1. The Bertz CT molecular complexity index is 799. The van der Waals surface area contributed by atoms with Gasteiger partial charge in [-0.1, -0.05) is 35.9 Å². The van der Waals surface area contributed by atoms with Crippen LogP contribution in [0, 0.1) is 0 Å². The summed E-state index contributed by atoms with van der Waals surface area (Å²) in [4.78, 5) is 1.49. The summed E-state index contributed by atoms with van der Waals surface area (Å²) in [6.45, 7) is 0. The van der Waals surface area contributed by atoms with Crippen LogP contribution in [0.2, 0.25) is 5.15 Å². The average molecular weight is 316 g/mol. The quantitative estimate of drug-likeness (QED) is 0.735. The maximum Gasteiger partial charge on any atom is 0.159 e. The van der Waals surface area contributed by atoms with Gasteiger partial charge in [0.05, 0.1) is 6.04 Å². The zero-order valence-corrected chi connectivity index (χ0v) is 12.9. The summed E-state index contributed by atoms with van der Waals surface area (Å²) in [6.07, 6.45) is 3.53. The first kappa shape index (κ1) is 13.0. The molecule has 5 heteroatoms. The SMILES string of the molecule is Clc1nnc(NC2CCCc3sccc32)c2ccccc12. The van der Waals surface area contributed by atoms with Crippen LogP contribution in [0.15, 0.2) is 35.7 Å². The second-order valence-electron chi connectivity index (χ2n) is 5.27. The molecule has 1 aliphatic carbocycles. The number of aromatic nitrogens is 2. The molecule has 1 aromatic carbocycles. The molecule has 2 aromatic heterocycles. The fourth-order valence-electron chi connectivity index (χ4n) is 2.98. The van der Waals surface area contributed by atoms with E-state index < -0.39 is 0 Å². The lowest BCUT2D eigenvalue weighted by Gasteiger charge is -2.24. The van der Waals surface area contributed by atoms with Crippen molar-refractivity contribution in [1.29, 1.82) is 0 Å². The Labute approximate surface area is 132 Å². The van der Waals surface area contributed by atoms with Gasteiger partial charge in [-0.3, -0.25) is 0 Å². The third kappa shape index (κ3) is 2.28. The first-order valence-electron chi connectivity index (χ1n) is 7.06. The Morgan fingerprint density at radius 3 is 2.90 bits per heavy atom. The van der Waals surface area contributed by atoms with E-state index in [1.54, 1.807) is 0 Å². The fraction of sp³-hybridized carbons (Fsp3) is 0.250. The summed E-state index contributed by atoms with van der Waals surface area (Å²) in [5.74, 6) is 0.819. The molecule has 0 saturated heterocycles. The number of thiophene rings is 1. The van der Waals surface area contributed by atoms with E-state index >= 15 is 0 Å². The van der Waals surface area contributed by atoms with Crippen molar-refractivity contribution >= 4 is 39.5 Å². The number of anilines is 1. The Kier molecular flexibility index (Phi) is 3.28. The number of halogens is 1. The van der Waals surface area contributed by atoms with E-state index in [1.807, 2.05) is 35.6 Å². The standard InChI is InChI=1S/C16H14ClN3S/c17-15-10-4-1-2-5-11(10)16(20-19-15)18-13-6-3-7-14-12(13)8-9-21-14/h1-2,4-5,8-9,13H,3,6-7H2,(H,18,20). The molecular weight excluding hydrogens is 302 g/mol. The summed E-state index contributed by atoms with van der Waals surface area (Å²) >= 11 is 7.98. The lowest BCUT2D eigenvalue weighted by atomic mass is 9.94. The van der Waals surface area contributed by atoms with Gasteiger partial charge in [-0.15, -0.1) is 21.5 Å². The number of rotatable bonds is 2. The van der Waals surface area contributed by atoms with E-state index in [4.69, 9.17) is 11.6 Å². The van der Waals surface area contributed by atoms with Gasteiger partial charge in [0.15, 0.2) is 11.0 Å². The maximum absolute atomic E-state index is 6.14. The number of aryl methyl sites for hydroxylation is 1. The molecule has 3 nitrogen and oxygen atoms in total. The molecule has 3 aromatic rings. The van der Waals surface area contributed by atoms with Crippen molar-refractivity contribution in [1.82, 2.24) is 10.2 Å². The van der Waals surface area contributed by atoms with Crippen LogP contribution < -0.4 is 5.32 Å². The Hall–Kier alpha value is -1.65. The van der Waals surface area contributed by atoms with Crippen molar-refractivity contribution < 1.29 is 0 Å². The maximum atomic E-state index is 6.14. The van der Waals surface area contributed by atoms with Crippen LogP contribution in [0.1, 0.15) is 29.3 Å². The van der Waals surface area contributed by atoms with Crippen LogP contribution in [-0.2, 0) is 6.42 Å². The number of benzene rings is 1. The molecule has 4 rings (SSSR count). The number of hydrogen-bond acceptors (Lipinski definition) is 4. The minimum Gasteiger partial charge on any atom is -0.361 e. The number of fused-ring (bicyclic) bond motifs is 2. The first-order valence-corrected chi connectivity index (χ1v) is 8.32. The molecule has 0 fully saturated rings. The first-order chi connectivity index (χ1) is 10.3. The van der Waals surface area contributed by atoms with E-state index in [-0.39, 0.29) is 0 Å². The highest BCUT2D eigenvalue weighted by atomic mass is 35.5. The number of nitrogens with zero attached hydrogens (tertiary/aromatic N) is 2. The predicted molar refractivity (Wildman–Crippen MR) is 88.2 cm³/mol. The molecule has 1 aliphatic rings. The van der Waals surface area contributed by atoms with Crippen LogP contribution in [-0.4, -0.2) is 10.2 Å². The molecule has 0 saturated carbocycles. The fourth-order valence-corrected chi connectivity index (χ4v) is 4.17. The van der Waals surface area contributed by atoms with Crippen LogP contribution in [0.3, 0.4) is 0 Å². The molecule has 0 amide bonds. The largest absolute Gasteiger partial charge is 0.361 e. The van der Waals surface area contributed by atoms with E-state index in [1.165, 1.54) is 23.3 Å². The van der Waals surface area contributed by atoms with Gasteiger partial charge < -0.3 is 5.32 Å². The van der Waals surface area contributed by atoms with Crippen molar-refractivity contribution in [2.24, 2.45) is 0 Å². The highest BCUT2D eigenvalue weighted by Crippen LogP contribution is 2.36. The molecule has 0 aliphatic heterocycles. The Morgan fingerprint density at radius 2 is 2.00 bits per heavy atom. The van der Waals surface area contributed by atoms with Crippen molar-refractivity contribution in [3.8, 4) is 0 Å². The molecule has 21 heavy (non-hydrogen) atoms. The van der Waals surface area contributed by atoms with E-state index in [2.05, 4.69) is 27.0 Å². The van der Waals surface area contributed by atoms with Gasteiger partial charge >= 0.3 is 0 Å². The van der Waals surface area contributed by atoms with Gasteiger partial charge in [0, 0.05) is 15.6 Å². The summed E-state index contributed by atoms with van der Waals surface area (Å²) in [6, 6.07) is 10.5. The van der Waals surface area contributed by atoms with Crippen LogP contribution in [0.25, 0.3) is 10.8 Å². The van der Waals surface area contributed by atoms with Crippen molar-refractivity contribution in [2.75, 3.05) is 5.32 Å². The lowest BCUT2D eigenvalue weighted by Crippen LogP contribution is -2.16. The summed E-state index contributed by atoms with van der Waals surface area (Å²) in [5.41, 5.74) is 1.41. The van der Waals surface area contributed by atoms with Gasteiger partial charge in [-0.05, 0) is 36.3 Å². The van der Waals surface area contributed by atoms with E-state index in [0.29, 0.717) is 11.2 Å². The molecule has 106 valence electrons. The number of hydrogen-bond donors (Lipinski definition) is 1. The third-order valence-electron chi connectivity index (χ3n) is 4.01. The lowest BCUT2D eigenvalue weighted by molar-refractivity contribution is 0.606. The summed E-state index contributed by atoms with van der Waals surface area (Å²) < 4.78 is 0. The molecule has 0 spiro atoms. The van der Waals surface area contributed by atoms with Crippen molar-refractivity contribution in [3.63, 3.8) is 0 Å². The van der Waals surface area contributed by atoms with Gasteiger partial charge in [0.2, 0.25) is 0 Å². The molecule has 2 heterocycles. The smallest absolute Gasteiger partial charge is 0.159 e. The second kappa shape index (κ2) is 5.28. The average Bonchev–Trinajstić information content (AvgIpc) is 3.00. The highest BCUT2D eigenvalue weighted by molar-refractivity contribution is 7.10. The van der Waals surface area contributed by atoms with Gasteiger partial charge in [-0.25, -0.2) is 0 Å². The highest BCUT2D eigenvalue weighted by Gasteiger charge is 2.22. The summed E-state index contributed by atoms with van der Waals surface area (Å²) in [7, 11) is 0. The van der Waals surface area contributed by atoms with E-state index in [9.17, 15) is 0 Å². The van der Waals surface area contributed by atoms with Crippen LogP contribution in [0.4, 0.5) is 5.82 Å². The third-order valence-corrected chi connectivity index (χ3v) is 5.28. The second-order valence-corrected chi connectivity index (χ2v) is 6.63. The topological polar surface area (TPSA) is 37.8 Å². The zero-order valence-electron chi connectivity index (χ0n) is 11.3. The zero-order chi connectivity index (χ0) is 14.2. The van der Waals surface area contributed by atoms with Crippen LogP contribution in [0.5, 0.6) is 0 Å². The molecule has 0 radical (unpaired) electrons. The Morgan fingerprint density at radius 1 is 1.14 bits per heavy atom. The molecule has 1 N–H and O–H groups in total. The van der Waals surface area contributed by atoms with Crippen molar-refractivity contribution in [2.45, 2.75) is 25.3 Å². The monoisotopic (exact) mass is 315 g/mol.